The second-order valence-electron chi connectivity index (χ2n) is 3.82. The Bertz CT molecular complexity index is 243. The summed E-state index contributed by atoms with van der Waals surface area (Å²) in [5, 5.41) is 3.35. The Morgan fingerprint density at radius 3 is 2.62 bits per heavy atom. The fraction of sp³-hybridized carbons (Fsp3) is 0.538. The van der Waals surface area contributed by atoms with Gasteiger partial charge in [0.05, 0.1) is 0 Å². The summed E-state index contributed by atoms with van der Waals surface area (Å²) in [5.41, 5.74) is 8.04. The smallest absolute Gasteiger partial charge is 0.0340 e. The van der Waals surface area contributed by atoms with Gasteiger partial charge in [-0.15, -0.1) is 0 Å². The molecule has 0 atom stereocenters. The van der Waals surface area contributed by atoms with Gasteiger partial charge in [0.25, 0.3) is 0 Å². The average Bonchev–Trinajstić information content (AvgIpc) is 2.32. The molecule has 3 heteroatoms. The summed E-state index contributed by atoms with van der Waals surface area (Å²) in [4.78, 5) is 0. The second kappa shape index (κ2) is 8.48. The molecule has 0 unspecified atom stereocenters. The van der Waals surface area contributed by atoms with Gasteiger partial charge in [-0.3, -0.25) is 0 Å². The van der Waals surface area contributed by atoms with Crippen LogP contribution in [0.1, 0.15) is 25.3 Å². The van der Waals surface area contributed by atoms with Gasteiger partial charge in [0.2, 0.25) is 0 Å². The lowest BCUT2D eigenvalue weighted by molar-refractivity contribution is 0.874. The van der Waals surface area contributed by atoms with Crippen LogP contribution in [0.4, 0.5) is 5.69 Å². The third kappa shape index (κ3) is 5.42. The number of benzene rings is 1. The van der Waals surface area contributed by atoms with Crippen LogP contribution in [0.3, 0.4) is 0 Å². The monoisotopic (exact) mass is 238 g/mol. The van der Waals surface area contributed by atoms with Gasteiger partial charge in [-0.05, 0) is 42.8 Å². The fourth-order valence-electron chi connectivity index (χ4n) is 1.39. The van der Waals surface area contributed by atoms with Crippen LogP contribution in [0.25, 0.3) is 0 Å². The number of nitrogens with two attached hydrogens (primary N) is 1. The quantitative estimate of drug-likeness (QED) is 0.684. The maximum Gasteiger partial charge on any atom is 0.0340 e. The Hall–Kier alpha value is -0.670. The topological polar surface area (TPSA) is 38.0 Å². The molecule has 0 spiro atoms. The van der Waals surface area contributed by atoms with E-state index >= 15 is 0 Å². The number of hydrogen-bond donors (Lipinski definition) is 2. The van der Waals surface area contributed by atoms with E-state index in [2.05, 4.69) is 36.5 Å². The van der Waals surface area contributed by atoms with Gasteiger partial charge in [0.15, 0.2) is 0 Å². The van der Waals surface area contributed by atoms with Crippen molar-refractivity contribution in [2.75, 3.05) is 24.2 Å². The van der Waals surface area contributed by atoms with Gasteiger partial charge in [-0.2, -0.15) is 11.8 Å². The Labute approximate surface area is 103 Å². The minimum Gasteiger partial charge on any atom is -0.385 e. The molecule has 90 valence electrons. The highest BCUT2D eigenvalue weighted by Crippen LogP contribution is 2.15. The first kappa shape index (κ1) is 13.4. The van der Waals surface area contributed by atoms with Crippen molar-refractivity contribution in [2.24, 2.45) is 5.73 Å². The molecule has 1 aromatic carbocycles. The van der Waals surface area contributed by atoms with Crippen LogP contribution in [0.15, 0.2) is 24.3 Å². The number of nitrogens with one attached hydrogen (secondary N) is 1. The van der Waals surface area contributed by atoms with E-state index in [0.29, 0.717) is 0 Å². The van der Waals surface area contributed by atoms with E-state index in [1.54, 1.807) is 0 Å². The van der Waals surface area contributed by atoms with Gasteiger partial charge < -0.3 is 11.1 Å². The first-order valence-electron chi connectivity index (χ1n) is 5.97. The average molecular weight is 238 g/mol. The van der Waals surface area contributed by atoms with Crippen LogP contribution in [0, 0.1) is 0 Å². The first-order chi connectivity index (χ1) is 7.86. The molecular formula is C13H22N2S. The SMILES string of the molecule is CCCSCc1ccc(NCCCN)cc1. The molecular weight excluding hydrogens is 216 g/mol. The summed E-state index contributed by atoms with van der Waals surface area (Å²) in [5.74, 6) is 2.37. The lowest BCUT2D eigenvalue weighted by atomic mass is 10.2. The van der Waals surface area contributed by atoms with E-state index in [1.165, 1.54) is 23.4 Å². The van der Waals surface area contributed by atoms with Crippen LogP contribution >= 0.6 is 11.8 Å². The second-order valence-corrected chi connectivity index (χ2v) is 4.92. The molecule has 0 heterocycles. The van der Waals surface area contributed by atoms with Gasteiger partial charge in [-0.1, -0.05) is 19.1 Å². The summed E-state index contributed by atoms with van der Waals surface area (Å²) in [6.07, 6.45) is 2.28. The maximum absolute atomic E-state index is 5.44. The van der Waals surface area contributed by atoms with Crippen LogP contribution in [-0.4, -0.2) is 18.8 Å². The summed E-state index contributed by atoms with van der Waals surface area (Å²) >= 11 is 2.00. The predicted molar refractivity (Wildman–Crippen MR) is 75.1 cm³/mol. The summed E-state index contributed by atoms with van der Waals surface area (Å²) in [6.45, 7) is 3.93. The van der Waals surface area contributed by atoms with E-state index < -0.39 is 0 Å². The molecule has 0 aliphatic heterocycles. The van der Waals surface area contributed by atoms with E-state index in [4.69, 9.17) is 5.73 Å². The zero-order valence-electron chi connectivity index (χ0n) is 10.0. The largest absolute Gasteiger partial charge is 0.385 e. The van der Waals surface area contributed by atoms with E-state index in [1.807, 2.05) is 11.8 Å². The normalized spacial score (nSPS) is 10.4. The van der Waals surface area contributed by atoms with Crippen molar-refractivity contribution in [3.8, 4) is 0 Å². The molecule has 3 N–H and O–H groups in total. The number of hydrogen-bond acceptors (Lipinski definition) is 3. The third-order valence-corrected chi connectivity index (χ3v) is 3.52. The molecule has 0 fully saturated rings. The molecule has 2 nitrogen and oxygen atoms in total. The van der Waals surface area contributed by atoms with Gasteiger partial charge >= 0.3 is 0 Å². The third-order valence-electron chi connectivity index (χ3n) is 2.28. The van der Waals surface area contributed by atoms with Gasteiger partial charge in [0, 0.05) is 18.0 Å². The number of anilines is 1. The Balaban J connectivity index is 2.30. The minimum absolute atomic E-state index is 0.749. The molecule has 0 amide bonds. The molecule has 0 aliphatic rings. The molecule has 0 aromatic heterocycles. The standard InChI is InChI=1S/C13H22N2S/c1-2-10-16-11-12-4-6-13(7-5-12)15-9-3-8-14/h4-7,15H,2-3,8-11,14H2,1H3. The zero-order chi connectivity index (χ0) is 11.6. The molecule has 1 rings (SSSR count). The van der Waals surface area contributed by atoms with Gasteiger partial charge in [0.1, 0.15) is 0 Å². The Kier molecular flexibility index (Phi) is 7.10. The van der Waals surface area contributed by atoms with E-state index in [9.17, 15) is 0 Å². The molecule has 0 saturated heterocycles. The van der Waals surface area contributed by atoms with Crippen molar-refractivity contribution in [1.82, 2.24) is 0 Å². The van der Waals surface area contributed by atoms with E-state index in [-0.39, 0.29) is 0 Å². The molecule has 0 aliphatic carbocycles. The van der Waals surface area contributed by atoms with Crippen molar-refractivity contribution >= 4 is 17.4 Å². The lowest BCUT2D eigenvalue weighted by Gasteiger charge is -2.06. The first-order valence-corrected chi connectivity index (χ1v) is 7.13. The fourth-order valence-corrected chi connectivity index (χ4v) is 2.25. The lowest BCUT2D eigenvalue weighted by Crippen LogP contribution is -2.08. The highest BCUT2D eigenvalue weighted by Gasteiger charge is 1.94. The Morgan fingerprint density at radius 1 is 1.25 bits per heavy atom. The van der Waals surface area contributed by atoms with Crippen LogP contribution in [-0.2, 0) is 5.75 Å². The molecule has 0 saturated carbocycles. The molecule has 16 heavy (non-hydrogen) atoms. The van der Waals surface area contributed by atoms with E-state index in [0.717, 1.165) is 25.3 Å². The zero-order valence-corrected chi connectivity index (χ0v) is 10.9. The molecule has 0 bridgehead atoms. The molecule has 1 aromatic rings. The molecule has 0 radical (unpaired) electrons. The maximum atomic E-state index is 5.44. The number of thioether (sulfide) groups is 1. The van der Waals surface area contributed by atoms with Crippen molar-refractivity contribution in [1.29, 1.82) is 0 Å². The summed E-state index contributed by atoms with van der Waals surface area (Å²) < 4.78 is 0. The van der Waals surface area contributed by atoms with Crippen LogP contribution < -0.4 is 11.1 Å². The van der Waals surface area contributed by atoms with Crippen molar-refractivity contribution in [3.63, 3.8) is 0 Å². The van der Waals surface area contributed by atoms with Crippen LogP contribution in [0.5, 0.6) is 0 Å². The van der Waals surface area contributed by atoms with Crippen molar-refractivity contribution < 1.29 is 0 Å². The van der Waals surface area contributed by atoms with Crippen molar-refractivity contribution in [3.05, 3.63) is 29.8 Å². The predicted octanol–water partition coefficient (Wildman–Crippen LogP) is 3.09. The minimum atomic E-state index is 0.749. The van der Waals surface area contributed by atoms with Gasteiger partial charge in [-0.25, -0.2) is 0 Å². The highest BCUT2D eigenvalue weighted by atomic mass is 32.2. The van der Waals surface area contributed by atoms with Crippen LogP contribution in [0.2, 0.25) is 0 Å². The number of rotatable bonds is 8. The summed E-state index contributed by atoms with van der Waals surface area (Å²) in [7, 11) is 0. The van der Waals surface area contributed by atoms with Crippen molar-refractivity contribution in [2.45, 2.75) is 25.5 Å². The Morgan fingerprint density at radius 2 is 2.00 bits per heavy atom. The summed E-state index contributed by atoms with van der Waals surface area (Å²) in [6, 6.07) is 8.71. The highest BCUT2D eigenvalue weighted by molar-refractivity contribution is 7.98.